The van der Waals surface area contributed by atoms with Gasteiger partial charge in [-0.1, -0.05) is 19.8 Å². The SMILES string of the molecule is CCCCCOc1c(N)cc(C)cc1N. The van der Waals surface area contributed by atoms with Gasteiger partial charge in [-0.2, -0.15) is 0 Å². The molecule has 0 saturated carbocycles. The average Bonchev–Trinajstić information content (AvgIpc) is 2.15. The summed E-state index contributed by atoms with van der Waals surface area (Å²) in [6, 6.07) is 3.76. The van der Waals surface area contributed by atoms with Crippen LogP contribution >= 0.6 is 0 Å². The molecule has 0 radical (unpaired) electrons. The Labute approximate surface area is 91.4 Å². The van der Waals surface area contributed by atoms with Crippen LogP contribution in [0.1, 0.15) is 31.7 Å². The number of aryl methyl sites for hydroxylation is 1. The van der Waals surface area contributed by atoms with E-state index in [2.05, 4.69) is 6.92 Å². The van der Waals surface area contributed by atoms with E-state index in [1.165, 1.54) is 12.8 Å². The number of hydrogen-bond donors (Lipinski definition) is 2. The smallest absolute Gasteiger partial charge is 0.165 e. The van der Waals surface area contributed by atoms with E-state index < -0.39 is 0 Å². The molecule has 0 unspecified atom stereocenters. The summed E-state index contributed by atoms with van der Waals surface area (Å²) in [7, 11) is 0. The molecule has 3 heteroatoms. The molecule has 4 N–H and O–H groups in total. The highest BCUT2D eigenvalue weighted by Gasteiger charge is 2.05. The third kappa shape index (κ3) is 3.35. The summed E-state index contributed by atoms with van der Waals surface area (Å²) in [6.07, 6.45) is 3.40. The van der Waals surface area contributed by atoms with Gasteiger partial charge in [-0.15, -0.1) is 0 Å². The van der Waals surface area contributed by atoms with E-state index >= 15 is 0 Å². The lowest BCUT2D eigenvalue weighted by atomic mass is 10.2. The second-order valence-corrected chi connectivity index (χ2v) is 3.83. The molecule has 0 atom stereocenters. The number of nitrogen functional groups attached to an aromatic ring is 2. The molecule has 0 amide bonds. The first-order valence-electron chi connectivity index (χ1n) is 5.43. The lowest BCUT2D eigenvalue weighted by Gasteiger charge is -2.12. The molecule has 0 heterocycles. The van der Waals surface area contributed by atoms with Crippen molar-refractivity contribution >= 4 is 11.4 Å². The maximum Gasteiger partial charge on any atom is 0.165 e. The minimum absolute atomic E-state index is 0.629. The Morgan fingerprint density at radius 1 is 1.13 bits per heavy atom. The largest absolute Gasteiger partial charge is 0.489 e. The van der Waals surface area contributed by atoms with Gasteiger partial charge in [0.2, 0.25) is 0 Å². The molecule has 0 bridgehead atoms. The van der Waals surface area contributed by atoms with Crippen molar-refractivity contribution in [1.29, 1.82) is 0 Å². The van der Waals surface area contributed by atoms with Gasteiger partial charge < -0.3 is 16.2 Å². The van der Waals surface area contributed by atoms with Crippen LogP contribution in [0.25, 0.3) is 0 Å². The van der Waals surface area contributed by atoms with Gasteiger partial charge in [0.05, 0.1) is 18.0 Å². The highest BCUT2D eigenvalue weighted by molar-refractivity contribution is 5.68. The Hall–Kier alpha value is -1.38. The van der Waals surface area contributed by atoms with Crippen molar-refractivity contribution in [3.05, 3.63) is 17.7 Å². The maximum absolute atomic E-state index is 5.83. The fourth-order valence-corrected chi connectivity index (χ4v) is 1.52. The zero-order valence-corrected chi connectivity index (χ0v) is 9.55. The molecule has 0 aliphatic heterocycles. The molecule has 0 fully saturated rings. The number of unbranched alkanes of at least 4 members (excludes halogenated alkanes) is 2. The van der Waals surface area contributed by atoms with E-state index in [4.69, 9.17) is 16.2 Å². The number of anilines is 2. The van der Waals surface area contributed by atoms with Crippen LogP contribution in [0.15, 0.2) is 12.1 Å². The molecule has 0 saturated heterocycles. The molecule has 1 rings (SSSR count). The van der Waals surface area contributed by atoms with Gasteiger partial charge in [-0.3, -0.25) is 0 Å². The van der Waals surface area contributed by atoms with Crippen LogP contribution in [0.4, 0.5) is 11.4 Å². The number of rotatable bonds is 5. The van der Waals surface area contributed by atoms with Crippen LogP contribution in [0, 0.1) is 6.92 Å². The fourth-order valence-electron chi connectivity index (χ4n) is 1.52. The van der Waals surface area contributed by atoms with Gasteiger partial charge in [0.25, 0.3) is 0 Å². The van der Waals surface area contributed by atoms with Crippen LogP contribution in [0.2, 0.25) is 0 Å². The highest BCUT2D eigenvalue weighted by Crippen LogP contribution is 2.30. The van der Waals surface area contributed by atoms with Gasteiger partial charge in [-0.05, 0) is 31.0 Å². The van der Waals surface area contributed by atoms with Crippen molar-refractivity contribution in [2.24, 2.45) is 0 Å². The molecule has 0 aromatic heterocycles. The third-order valence-corrected chi connectivity index (χ3v) is 2.29. The first-order chi connectivity index (χ1) is 7.15. The van der Waals surface area contributed by atoms with Crippen LogP contribution in [-0.2, 0) is 0 Å². The van der Waals surface area contributed by atoms with Crippen LogP contribution in [0.3, 0.4) is 0 Å². The zero-order valence-electron chi connectivity index (χ0n) is 9.55. The quantitative estimate of drug-likeness (QED) is 0.577. The Morgan fingerprint density at radius 2 is 1.73 bits per heavy atom. The van der Waals surface area contributed by atoms with Crippen LogP contribution in [-0.4, -0.2) is 6.61 Å². The summed E-state index contributed by atoms with van der Waals surface area (Å²) in [5.74, 6) is 0.636. The molecular formula is C12H20N2O. The summed E-state index contributed by atoms with van der Waals surface area (Å²) in [4.78, 5) is 0. The fraction of sp³-hybridized carbons (Fsp3) is 0.500. The van der Waals surface area contributed by atoms with Crippen molar-refractivity contribution in [3.8, 4) is 5.75 Å². The third-order valence-electron chi connectivity index (χ3n) is 2.29. The number of ether oxygens (including phenoxy) is 1. The number of hydrogen-bond acceptors (Lipinski definition) is 3. The molecule has 3 nitrogen and oxygen atoms in total. The van der Waals surface area contributed by atoms with Crippen molar-refractivity contribution < 1.29 is 4.74 Å². The summed E-state index contributed by atoms with van der Waals surface area (Å²) in [6.45, 7) is 4.81. The number of nitrogens with two attached hydrogens (primary N) is 2. The predicted molar refractivity (Wildman–Crippen MR) is 65.0 cm³/mol. The standard InChI is InChI=1S/C12H20N2O/c1-3-4-5-6-15-12-10(13)7-9(2)8-11(12)14/h7-8H,3-6,13-14H2,1-2H3. The monoisotopic (exact) mass is 208 g/mol. The van der Waals surface area contributed by atoms with Gasteiger partial charge in [0.15, 0.2) is 5.75 Å². The van der Waals surface area contributed by atoms with Gasteiger partial charge >= 0.3 is 0 Å². The number of benzene rings is 1. The minimum Gasteiger partial charge on any atom is -0.489 e. The molecule has 0 spiro atoms. The Morgan fingerprint density at radius 3 is 2.27 bits per heavy atom. The second-order valence-electron chi connectivity index (χ2n) is 3.83. The Balaban J connectivity index is 2.60. The summed E-state index contributed by atoms with van der Waals surface area (Å²) in [5.41, 5.74) is 14.0. The normalized spacial score (nSPS) is 10.3. The maximum atomic E-state index is 5.83. The predicted octanol–water partition coefficient (Wildman–Crippen LogP) is 2.73. The minimum atomic E-state index is 0.629. The lowest BCUT2D eigenvalue weighted by molar-refractivity contribution is 0.309. The van der Waals surface area contributed by atoms with E-state index in [0.717, 1.165) is 12.0 Å². The van der Waals surface area contributed by atoms with Crippen LogP contribution in [0.5, 0.6) is 5.75 Å². The molecule has 84 valence electrons. The van der Waals surface area contributed by atoms with Gasteiger partial charge in [-0.25, -0.2) is 0 Å². The molecule has 0 aliphatic rings. The molecule has 0 aliphatic carbocycles. The summed E-state index contributed by atoms with van der Waals surface area (Å²) < 4.78 is 5.57. The first-order valence-corrected chi connectivity index (χ1v) is 5.43. The van der Waals surface area contributed by atoms with E-state index in [9.17, 15) is 0 Å². The van der Waals surface area contributed by atoms with Crippen molar-refractivity contribution in [2.45, 2.75) is 33.1 Å². The Bertz CT molecular complexity index is 300. The topological polar surface area (TPSA) is 61.3 Å². The Kier molecular flexibility index (Phi) is 4.28. The zero-order chi connectivity index (χ0) is 11.3. The van der Waals surface area contributed by atoms with Crippen molar-refractivity contribution in [1.82, 2.24) is 0 Å². The van der Waals surface area contributed by atoms with E-state index in [1.54, 1.807) is 0 Å². The van der Waals surface area contributed by atoms with E-state index in [1.807, 2.05) is 19.1 Å². The first kappa shape index (κ1) is 11.7. The van der Waals surface area contributed by atoms with E-state index in [-0.39, 0.29) is 0 Å². The lowest BCUT2D eigenvalue weighted by Crippen LogP contribution is -2.03. The molecule has 1 aromatic carbocycles. The molecule has 1 aromatic rings. The molecule has 15 heavy (non-hydrogen) atoms. The van der Waals surface area contributed by atoms with Gasteiger partial charge in [0.1, 0.15) is 0 Å². The molecular weight excluding hydrogens is 188 g/mol. The van der Waals surface area contributed by atoms with Gasteiger partial charge in [0, 0.05) is 0 Å². The van der Waals surface area contributed by atoms with Crippen molar-refractivity contribution in [2.75, 3.05) is 18.1 Å². The second kappa shape index (κ2) is 5.49. The van der Waals surface area contributed by atoms with Crippen LogP contribution < -0.4 is 16.2 Å². The highest BCUT2D eigenvalue weighted by atomic mass is 16.5. The summed E-state index contributed by atoms with van der Waals surface area (Å²) in [5, 5.41) is 0. The van der Waals surface area contributed by atoms with Crippen molar-refractivity contribution in [3.63, 3.8) is 0 Å². The van der Waals surface area contributed by atoms with E-state index in [0.29, 0.717) is 23.7 Å². The summed E-state index contributed by atoms with van der Waals surface area (Å²) >= 11 is 0. The average molecular weight is 208 g/mol.